The van der Waals surface area contributed by atoms with Crippen LogP contribution in [0.2, 0.25) is 5.02 Å². The molecule has 2 aromatic carbocycles. The second-order valence-electron chi connectivity index (χ2n) is 4.87. The lowest BCUT2D eigenvalue weighted by atomic mass is 10.1. The van der Waals surface area contributed by atoms with E-state index < -0.39 is 0 Å². The summed E-state index contributed by atoms with van der Waals surface area (Å²) in [6, 6.07) is 15.4. The van der Waals surface area contributed by atoms with E-state index in [1.807, 2.05) is 48.5 Å². The number of hydrogen-bond donors (Lipinski definition) is 2. The van der Waals surface area contributed by atoms with Crippen molar-refractivity contribution in [2.45, 2.75) is 6.54 Å². The van der Waals surface area contributed by atoms with E-state index in [9.17, 15) is 4.79 Å². The predicted molar refractivity (Wildman–Crippen MR) is 85.8 cm³/mol. The third-order valence-corrected chi connectivity index (χ3v) is 3.82. The summed E-state index contributed by atoms with van der Waals surface area (Å²) in [5.41, 5.74) is 2.69. The van der Waals surface area contributed by atoms with E-state index in [1.165, 1.54) is 0 Å². The minimum Gasteiger partial charge on any atom is -0.360 e. The van der Waals surface area contributed by atoms with Crippen molar-refractivity contribution < 1.29 is 4.79 Å². The summed E-state index contributed by atoms with van der Waals surface area (Å²) in [5, 5.41) is 4.82. The Balaban J connectivity index is 1.66. The van der Waals surface area contributed by atoms with Crippen LogP contribution in [0.4, 0.5) is 0 Å². The Morgan fingerprint density at radius 3 is 2.71 bits per heavy atom. The smallest absolute Gasteiger partial charge is 0.178 e. The van der Waals surface area contributed by atoms with E-state index in [1.54, 1.807) is 6.20 Å². The normalized spacial score (nSPS) is 10.9. The Morgan fingerprint density at radius 1 is 1.10 bits per heavy atom. The summed E-state index contributed by atoms with van der Waals surface area (Å²) in [6.07, 6.45) is 1.77. The van der Waals surface area contributed by atoms with E-state index >= 15 is 0 Å². The van der Waals surface area contributed by atoms with Crippen LogP contribution < -0.4 is 5.32 Å². The Morgan fingerprint density at radius 2 is 1.86 bits per heavy atom. The number of benzene rings is 2. The number of halogens is 1. The van der Waals surface area contributed by atoms with Crippen LogP contribution in [-0.4, -0.2) is 17.3 Å². The number of hydrogen-bond acceptors (Lipinski definition) is 2. The molecule has 0 bridgehead atoms. The van der Waals surface area contributed by atoms with E-state index in [2.05, 4.69) is 10.3 Å². The first-order valence-corrected chi connectivity index (χ1v) is 7.17. The van der Waals surface area contributed by atoms with Crippen molar-refractivity contribution in [3.05, 3.63) is 70.9 Å². The van der Waals surface area contributed by atoms with Crippen molar-refractivity contribution in [1.29, 1.82) is 0 Å². The lowest BCUT2D eigenvalue weighted by Crippen LogP contribution is -2.22. The van der Waals surface area contributed by atoms with Crippen molar-refractivity contribution >= 4 is 28.3 Å². The fourth-order valence-electron chi connectivity index (χ4n) is 2.35. The minimum absolute atomic E-state index is 0.0690. The quantitative estimate of drug-likeness (QED) is 0.704. The molecule has 0 aliphatic heterocycles. The van der Waals surface area contributed by atoms with Gasteiger partial charge in [-0.3, -0.25) is 4.79 Å². The largest absolute Gasteiger partial charge is 0.360 e. The fraction of sp³-hybridized carbons (Fsp3) is 0.118. The van der Waals surface area contributed by atoms with Gasteiger partial charge in [0.1, 0.15) is 0 Å². The average Bonchev–Trinajstić information content (AvgIpc) is 2.93. The molecule has 0 spiro atoms. The summed E-state index contributed by atoms with van der Waals surface area (Å²) in [6.45, 7) is 0.862. The van der Waals surface area contributed by atoms with Crippen LogP contribution >= 0.6 is 11.6 Å². The molecule has 1 aromatic heterocycles. The molecule has 0 atom stereocenters. The summed E-state index contributed by atoms with van der Waals surface area (Å²) < 4.78 is 0. The molecule has 21 heavy (non-hydrogen) atoms. The summed E-state index contributed by atoms with van der Waals surface area (Å²) in [4.78, 5) is 15.4. The molecule has 3 nitrogen and oxygen atoms in total. The molecule has 0 amide bonds. The van der Waals surface area contributed by atoms with Crippen molar-refractivity contribution in [1.82, 2.24) is 10.3 Å². The Bertz CT molecular complexity index is 779. The van der Waals surface area contributed by atoms with E-state index in [0.29, 0.717) is 11.6 Å². The summed E-state index contributed by atoms with van der Waals surface area (Å²) in [5.74, 6) is 0.0690. The molecule has 2 N–H and O–H groups in total. The number of fused-ring (bicyclic) bond motifs is 1. The minimum atomic E-state index is 0.0690. The topological polar surface area (TPSA) is 44.9 Å². The fourth-order valence-corrected chi connectivity index (χ4v) is 2.55. The first-order chi connectivity index (χ1) is 10.3. The summed E-state index contributed by atoms with van der Waals surface area (Å²) in [7, 11) is 0. The van der Waals surface area contributed by atoms with Crippen molar-refractivity contribution in [2.75, 3.05) is 6.54 Å². The van der Waals surface area contributed by atoms with Gasteiger partial charge >= 0.3 is 0 Å². The molecule has 3 aromatic rings. The Kier molecular flexibility index (Phi) is 4.04. The van der Waals surface area contributed by atoms with Gasteiger partial charge in [0.05, 0.1) is 6.54 Å². The zero-order valence-corrected chi connectivity index (χ0v) is 12.2. The van der Waals surface area contributed by atoms with Gasteiger partial charge in [-0.15, -0.1) is 0 Å². The first kappa shape index (κ1) is 13.9. The second-order valence-corrected chi connectivity index (χ2v) is 5.27. The molecule has 1 heterocycles. The van der Waals surface area contributed by atoms with Gasteiger partial charge in [0.25, 0.3) is 0 Å². The number of ketones is 1. The van der Waals surface area contributed by atoms with Crippen LogP contribution in [0.25, 0.3) is 10.9 Å². The van der Waals surface area contributed by atoms with Gasteiger partial charge in [0.2, 0.25) is 0 Å². The van der Waals surface area contributed by atoms with Gasteiger partial charge in [-0.1, -0.05) is 48.0 Å². The maximum Gasteiger partial charge on any atom is 0.178 e. The molecule has 0 saturated heterocycles. The molecule has 4 heteroatoms. The maximum atomic E-state index is 12.3. The number of carbonyl (C=O) groups excluding carboxylic acids is 1. The number of nitrogens with one attached hydrogen (secondary N) is 2. The van der Waals surface area contributed by atoms with Gasteiger partial charge < -0.3 is 10.3 Å². The van der Waals surface area contributed by atoms with Crippen LogP contribution in [0, 0.1) is 0 Å². The predicted octanol–water partition coefficient (Wildman–Crippen LogP) is 3.79. The second kappa shape index (κ2) is 6.12. The molecule has 0 fully saturated rings. The van der Waals surface area contributed by atoms with E-state index in [4.69, 9.17) is 11.6 Å². The van der Waals surface area contributed by atoms with Gasteiger partial charge in [0, 0.05) is 34.2 Å². The Labute approximate surface area is 127 Å². The molecule has 0 aliphatic carbocycles. The summed E-state index contributed by atoms with van der Waals surface area (Å²) >= 11 is 6.09. The maximum absolute atomic E-state index is 12.3. The molecular weight excluding hydrogens is 284 g/mol. The Hall–Kier alpha value is -2.10. The van der Waals surface area contributed by atoms with Gasteiger partial charge in [-0.2, -0.15) is 0 Å². The molecular formula is C17H15ClN2O. The molecule has 0 radical (unpaired) electrons. The standard InChI is InChI=1S/C17H15ClN2O/c18-15-7-3-1-5-12(15)9-19-11-17(21)14-10-20-16-8-4-2-6-13(14)16/h1-8,10,19-20H,9,11H2. The van der Waals surface area contributed by atoms with Crippen molar-refractivity contribution in [2.24, 2.45) is 0 Å². The highest BCUT2D eigenvalue weighted by atomic mass is 35.5. The number of para-hydroxylation sites is 1. The van der Waals surface area contributed by atoms with E-state index in [0.717, 1.165) is 22.0 Å². The number of aromatic amines is 1. The zero-order valence-electron chi connectivity index (χ0n) is 11.4. The number of carbonyl (C=O) groups is 1. The molecule has 0 saturated carbocycles. The van der Waals surface area contributed by atoms with Crippen molar-refractivity contribution in [3.8, 4) is 0 Å². The highest BCUT2D eigenvalue weighted by Gasteiger charge is 2.11. The SMILES string of the molecule is O=C(CNCc1ccccc1Cl)c1c[nH]c2ccccc12. The van der Waals surface area contributed by atoms with Gasteiger partial charge in [0.15, 0.2) is 5.78 Å². The molecule has 3 rings (SSSR count). The molecule has 0 unspecified atom stereocenters. The van der Waals surface area contributed by atoms with Crippen LogP contribution in [-0.2, 0) is 6.54 Å². The van der Waals surface area contributed by atoms with Crippen LogP contribution in [0.1, 0.15) is 15.9 Å². The third-order valence-electron chi connectivity index (χ3n) is 3.45. The van der Waals surface area contributed by atoms with Crippen LogP contribution in [0.3, 0.4) is 0 Å². The van der Waals surface area contributed by atoms with Gasteiger partial charge in [-0.25, -0.2) is 0 Å². The number of H-pyrrole nitrogens is 1. The monoisotopic (exact) mass is 298 g/mol. The van der Waals surface area contributed by atoms with Crippen LogP contribution in [0.15, 0.2) is 54.7 Å². The molecule has 0 aliphatic rings. The lowest BCUT2D eigenvalue weighted by molar-refractivity contribution is 0.0992. The van der Waals surface area contributed by atoms with Crippen LogP contribution in [0.5, 0.6) is 0 Å². The van der Waals surface area contributed by atoms with E-state index in [-0.39, 0.29) is 12.3 Å². The van der Waals surface area contributed by atoms with Crippen molar-refractivity contribution in [3.63, 3.8) is 0 Å². The highest BCUT2D eigenvalue weighted by molar-refractivity contribution is 6.31. The zero-order chi connectivity index (χ0) is 14.7. The average molecular weight is 299 g/mol. The lowest BCUT2D eigenvalue weighted by Gasteiger charge is -2.05. The molecule has 106 valence electrons. The third kappa shape index (κ3) is 2.99. The van der Waals surface area contributed by atoms with Gasteiger partial charge in [-0.05, 0) is 17.7 Å². The number of Topliss-reactive ketones (excluding diaryl/α,β-unsaturated/α-hetero) is 1. The first-order valence-electron chi connectivity index (χ1n) is 6.79. The number of aromatic nitrogens is 1. The highest BCUT2D eigenvalue weighted by Crippen LogP contribution is 2.18. The number of rotatable bonds is 5.